The van der Waals surface area contributed by atoms with Crippen molar-refractivity contribution in [2.24, 2.45) is 11.8 Å². The number of hydrogen-bond acceptors (Lipinski definition) is 3. The fourth-order valence-electron chi connectivity index (χ4n) is 3.99. The van der Waals surface area contributed by atoms with Crippen LogP contribution in [0.4, 0.5) is 0 Å². The maximum absolute atomic E-state index is 12.2. The van der Waals surface area contributed by atoms with Crippen LogP contribution in [-0.2, 0) is 9.53 Å². The molecule has 2 saturated heterocycles. The topological polar surface area (TPSA) is 41.6 Å². The number of piperidine rings is 1. The molecule has 3 rings (SSSR count). The van der Waals surface area contributed by atoms with Crippen LogP contribution in [0, 0.1) is 11.8 Å². The van der Waals surface area contributed by atoms with Crippen molar-refractivity contribution in [2.45, 2.75) is 51.0 Å². The largest absolute Gasteiger partial charge is 0.381 e. The molecule has 1 amide bonds. The molecule has 0 aromatic carbocycles. The lowest BCUT2D eigenvalue weighted by Crippen LogP contribution is -2.46. The summed E-state index contributed by atoms with van der Waals surface area (Å²) in [7, 11) is 0. The Morgan fingerprint density at radius 2 is 1.86 bits per heavy atom. The predicted octanol–water partition coefficient (Wildman–Crippen LogP) is 2.35. The van der Waals surface area contributed by atoms with Crippen LogP contribution in [-0.4, -0.2) is 49.7 Å². The molecule has 3 aliphatic rings. The Labute approximate surface area is 134 Å². The minimum absolute atomic E-state index is 0.215. The Balaban J connectivity index is 1.35. The van der Waals surface area contributed by atoms with Gasteiger partial charge in [-0.05, 0) is 64.0 Å². The Morgan fingerprint density at radius 1 is 1.09 bits per heavy atom. The molecule has 0 spiro atoms. The molecule has 124 valence electrons. The average Bonchev–Trinajstić information content (AvgIpc) is 2.61. The normalized spacial score (nSPS) is 28.6. The van der Waals surface area contributed by atoms with E-state index >= 15 is 0 Å². The van der Waals surface area contributed by atoms with Crippen molar-refractivity contribution in [1.82, 2.24) is 10.2 Å². The first kappa shape index (κ1) is 16.0. The van der Waals surface area contributed by atoms with Gasteiger partial charge in [-0.3, -0.25) is 4.79 Å². The summed E-state index contributed by atoms with van der Waals surface area (Å²) in [6, 6.07) is 0.735. The average molecular weight is 306 g/mol. The first-order chi connectivity index (χ1) is 10.8. The lowest BCUT2D eigenvalue weighted by Gasteiger charge is -2.39. The Hall–Kier alpha value is -0.870. The van der Waals surface area contributed by atoms with E-state index in [1.54, 1.807) is 0 Å². The third kappa shape index (κ3) is 4.32. The van der Waals surface area contributed by atoms with Gasteiger partial charge in [0.25, 0.3) is 0 Å². The van der Waals surface area contributed by atoms with Gasteiger partial charge in [0, 0.05) is 31.7 Å². The molecule has 0 aromatic heterocycles. The third-order valence-corrected chi connectivity index (χ3v) is 5.56. The predicted molar refractivity (Wildman–Crippen MR) is 87.6 cm³/mol. The van der Waals surface area contributed by atoms with Crippen molar-refractivity contribution in [3.05, 3.63) is 12.2 Å². The highest BCUT2D eigenvalue weighted by Gasteiger charge is 2.27. The second-order valence-electron chi connectivity index (χ2n) is 7.05. The Morgan fingerprint density at radius 3 is 2.55 bits per heavy atom. The maximum Gasteiger partial charge on any atom is 0.223 e. The van der Waals surface area contributed by atoms with Crippen LogP contribution in [0.15, 0.2) is 12.2 Å². The number of rotatable bonds is 4. The summed E-state index contributed by atoms with van der Waals surface area (Å²) in [6.45, 7) is 5.11. The van der Waals surface area contributed by atoms with Crippen molar-refractivity contribution in [3.63, 3.8) is 0 Å². The maximum atomic E-state index is 12.2. The van der Waals surface area contributed by atoms with Crippen LogP contribution < -0.4 is 5.32 Å². The molecular weight excluding hydrogens is 276 g/mol. The van der Waals surface area contributed by atoms with Crippen LogP contribution in [0.2, 0.25) is 0 Å². The standard InChI is InChI=1S/C18H30N2O2/c21-18(16-4-2-1-3-5-16)19-14-15-6-10-20(11-7-15)17-8-12-22-13-9-17/h1-2,15-17H,3-14H2,(H,19,21)/t16-/m1/s1. The van der Waals surface area contributed by atoms with Gasteiger partial charge in [-0.25, -0.2) is 0 Å². The van der Waals surface area contributed by atoms with E-state index in [0.717, 1.165) is 45.1 Å². The number of carbonyl (C=O) groups is 1. The molecule has 22 heavy (non-hydrogen) atoms. The number of likely N-dealkylation sites (tertiary alicyclic amines) is 1. The molecule has 0 unspecified atom stereocenters. The molecule has 1 aliphatic carbocycles. The van der Waals surface area contributed by atoms with Crippen molar-refractivity contribution < 1.29 is 9.53 Å². The number of amides is 1. The van der Waals surface area contributed by atoms with Crippen LogP contribution in [0.5, 0.6) is 0 Å². The van der Waals surface area contributed by atoms with Crippen LogP contribution in [0.25, 0.3) is 0 Å². The number of nitrogens with zero attached hydrogens (tertiary/aromatic N) is 1. The molecular formula is C18H30N2O2. The second kappa shape index (κ2) is 8.11. The lowest BCUT2D eigenvalue weighted by atomic mass is 9.92. The number of carbonyl (C=O) groups excluding carboxylic acids is 1. The van der Waals surface area contributed by atoms with E-state index in [1.165, 1.54) is 38.8 Å². The SMILES string of the molecule is O=C(NCC1CCN(C2CCOCC2)CC1)[C@@H]1CC=CCC1. The second-order valence-corrected chi connectivity index (χ2v) is 7.05. The van der Waals surface area contributed by atoms with E-state index < -0.39 is 0 Å². The zero-order chi connectivity index (χ0) is 15.2. The number of hydrogen-bond donors (Lipinski definition) is 1. The summed E-state index contributed by atoms with van der Waals surface area (Å²) in [5, 5.41) is 3.21. The molecule has 2 heterocycles. The molecule has 0 aromatic rings. The van der Waals surface area contributed by atoms with Crippen molar-refractivity contribution in [3.8, 4) is 0 Å². The fourth-order valence-corrected chi connectivity index (χ4v) is 3.99. The molecule has 0 saturated carbocycles. The highest BCUT2D eigenvalue weighted by molar-refractivity contribution is 5.78. The Bertz CT molecular complexity index is 383. The monoisotopic (exact) mass is 306 g/mol. The van der Waals surface area contributed by atoms with Gasteiger partial charge >= 0.3 is 0 Å². The summed E-state index contributed by atoms with van der Waals surface area (Å²) in [4.78, 5) is 14.8. The van der Waals surface area contributed by atoms with E-state index in [-0.39, 0.29) is 11.8 Å². The molecule has 1 N–H and O–H groups in total. The Kier molecular flexibility index (Phi) is 5.90. The summed E-state index contributed by atoms with van der Waals surface area (Å²) in [5.74, 6) is 1.16. The van der Waals surface area contributed by atoms with Crippen molar-refractivity contribution in [2.75, 3.05) is 32.8 Å². The smallest absolute Gasteiger partial charge is 0.223 e. The first-order valence-electron chi connectivity index (χ1n) is 9.07. The summed E-state index contributed by atoms with van der Waals surface area (Å²) in [6.07, 6.45) is 12.2. The minimum Gasteiger partial charge on any atom is -0.381 e. The van der Waals surface area contributed by atoms with E-state index in [4.69, 9.17) is 4.74 Å². The van der Waals surface area contributed by atoms with Crippen LogP contribution in [0.1, 0.15) is 44.9 Å². The van der Waals surface area contributed by atoms with Gasteiger partial charge in [0.1, 0.15) is 0 Å². The van der Waals surface area contributed by atoms with E-state index in [9.17, 15) is 4.79 Å². The summed E-state index contributed by atoms with van der Waals surface area (Å²) >= 11 is 0. The highest BCUT2D eigenvalue weighted by Crippen LogP contribution is 2.23. The van der Waals surface area contributed by atoms with Crippen molar-refractivity contribution >= 4 is 5.91 Å². The minimum atomic E-state index is 0.215. The third-order valence-electron chi connectivity index (χ3n) is 5.56. The molecule has 1 atom stereocenters. The molecule has 4 nitrogen and oxygen atoms in total. The molecule has 2 aliphatic heterocycles. The zero-order valence-corrected chi connectivity index (χ0v) is 13.6. The van der Waals surface area contributed by atoms with Gasteiger partial charge in [0.2, 0.25) is 5.91 Å². The first-order valence-corrected chi connectivity index (χ1v) is 9.07. The van der Waals surface area contributed by atoms with Gasteiger partial charge in [-0.2, -0.15) is 0 Å². The molecule has 4 heteroatoms. The lowest BCUT2D eigenvalue weighted by molar-refractivity contribution is -0.125. The molecule has 2 fully saturated rings. The highest BCUT2D eigenvalue weighted by atomic mass is 16.5. The van der Waals surface area contributed by atoms with Gasteiger partial charge in [-0.15, -0.1) is 0 Å². The summed E-state index contributed by atoms with van der Waals surface area (Å²) in [5.41, 5.74) is 0. The van der Waals surface area contributed by atoms with E-state index in [2.05, 4.69) is 22.4 Å². The molecule has 0 bridgehead atoms. The van der Waals surface area contributed by atoms with Crippen molar-refractivity contribution in [1.29, 1.82) is 0 Å². The van der Waals surface area contributed by atoms with Gasteiger partial charge in [0.15, 0.2) is 0 Å². The van der Waals surface area contributed by atoms with E-state index in [0.29, 0.717) is 5.92 Å². The summed E-state index contributed by atoms with van der Waals surface area (Å²) < 4.78 is 5.46. The number of ether oxygens (including phenoxy) is 1. The van der Waals surface area contributed by atoms with Crippen LogP contribution >= 0.6 is 0 Å². The van der Waals surface area contributed by atoms with E-state index in [1.807, 2.05) is 0 Å². The zero-order valence-electron chi connectivity index (χ0n) is 13.6. The number of allylic oxidation sites excluding steroid dienone is 2. The molecule has 0 radical (unpaired) electrons. The fraction of sp³-hybridized carbons (Fsp3) is 0.833. The van der Waals surface area contributed by atoms with Gasteiger partial charge in [0.05, 0.1) is 0 Å². The van der Waals surface area contributed by atoms with Crippen LogP contribution in [0.3, 0.4) is 0 Å². The van der Waals surface area contributed by atoms with Gasteiger partial charge < -0.3 is 15.0 Å². The van der Waals surface area contributed by atoms with Gasteiger partial charge in [-0.1, -0.05) is 12.2 Å². The number of nitrogens with one attached hydrogen (secondary N) is 1. The quantitative estimate of drug-likeness (QED) is 0.811.